The third-order valence-electron chi connectivity index (χ3n) is 4.02. The highest BCUT2D eigenvalue weighted by molar-refractivity contribution is 5.76. The molecule has 1 N–H and O–H groups in total. The Labute approximate surface area is 103 Å². The molecule has 2 atom stereocenters. The van der Waals surface area contributed by atoms with Gasteiger partial charge >= 0.3 is 5.97 Å². The number of hydrogen-bond acceptors (Lipinski definition) is 1. The fraction of sp³-hybridized carbons (Fsp3) is 0.533. The number of carboxylic acid groups (broad SMARTS) is 1. The maximum atomic E-state index is 11.1. The van der Waals surface area contributed by atoms with Gasteiger partial charge in [-0.15, -0.1) is 0 Å². The Bertz CT molecular complexity index is 448. The molecule has 0 radical (unpaired) electrons. The van der Waals surface area contributed by atoms with Crippen LogP contribution in [0.2, 0.25) is 0 Å². The second-order valence-corrected chi connectivity index (χ2v) is 5.22. The standard InChI is InChI=1S/C15H20O2/c1-4-11-6-12-5-9(2)14(8-13(12)7-11)10(3)15(16)17/h5,8,10-11H,4,6-7H2,1-3H3,(H,16,17). The molecule has 0 saturated carbocycles. The maximum Gasteiger partial charge on any atom is 0.310 e. The van der Waals surface area contributed by atoms with Gasteiger partial charge in [0.2, 0.25) is 0 Å². The molecule has 92 valence electrons. The van der Waals surface area contributed by atoms with Gasteiger partial charge in [0.1, 0.15) is 0 Å². The molecule has 2 heteroatoms. The molecular weight excluding hydrogens is 212 g/mol. The molecule has 0 fully saturated rings. The van der Waals surface area contributed by atoms with Gasteiger partial charge in [-0.2, -0.15) is 0 Å². The van der Waals surface area contributed by atoms with Gasteiger partial charge in [-0.05, 0) is 54.9 Å². The lowest BCUT2D eigenvalue weighted by Crippen LogP contribution is -2.09. The first kappa shape index (κ1) is 12.2. The van der Waals surface area contributed by atoms with Crippen molar-refractivity contribution in [2.75, 3.05) is 0 Å². The smallest absolute Gasteiger partial charge is 0.310 e. The second kappa shape index (κ2) is 4.52. The van der Waals surface area contributed by atoms with Gasteiger partial charge < -0.3 is 5.11 Å². The van der Waals surface area contributed by atoms with Gasteiger partial charge in [0.25, 0.3) is 0 Å². The average molecular weight is 232 g/mol. The lowest BCUT2D eigenvalue weighted by molar-refractivity contribution is -0.138. The molecule has 0 aromatic heterocycles. The largest absolute Gasteiger partial charge is 0.481 e. The molecule has 1 aromatic carbocycles. The minimum atomic E-state index is -0.738. The van der Waals surface area contributed by atoms with Crippen LogP contribution in [0.5, 0.6) is 0 Å². The van der Waals surface area contributed by atoms with Crippen molar-refractivity contribution in [1.29, 1.82) is 0 Å². The molecule has 2 rings (SSSR count). The summed E-state index contributed by atoms with van der Waals surface area (Å²) in [5, 5.41) is 9.11. The minimum Gasteiger partial charge on any atom is -0.481 e. The Kier molecular flexibility index (Phi) is 3.23. The SMILES string of the molecule is CCC1Cc2cc(C)c(C(C)C(=O)O)cc2C1. The first-order chi connectivity index (χ1) is 8.02. The van der Waals surface area contributed by atoms with E-state index >= 15 is 0 Å². The number of carboxylic acids is 1. The molecule has 1 aliphatic rings. The number of rotatable bonds is 3. The Morgan fingerprint density at radius 1 is 1.41 bits per heavy atom. The van der Waals surface area contributed by atoms with Crippen LogP contribution in [0.25, 0.3) is 0 Å². The van der Waals surface area contributed by atoms with Crippen LogP contribution < -0.4 is 0 Å². The van der Waals surface area contributed by atoms with E-state index in [2.05, 4.69) is 19.1 Å². The van der Waals surface area contributed by atoms with E-state index in [1.165, 1.54) is 17.5 Å². The fourth-order valence-corrected chi connectivity index (χ4v) is 2.79. The van der Waals surface area contributed by atoms with Gasteiger partial charge in [0.15, 0.2) is 0 Å². The van der Waals surface area contributed by atoms with Gasteiger partial charge in [0, 0.05) is 0 Å². The van der Waals surface area contributed by atoms with Crippen LogP contribution in [0.15, 0.2) is 12.1 Å². The summed E-state index contributed by atoms with van der Waals surface area (Å²) in [6.07, 6.45) is 3.48. The summed E-state index contributed by atoms with van der Waals surface area (Å²) >= 11 is 0. The number of hydrogen-bond donors (Lipinski definition) is 1. The Morgan fingerprint density at radius 3 is 2.53 bits per heavy atom. The zero-order chi connectivity index (χ0) is 12.6. The lowest BCUT2D eigenvalue weighted by atomic mass is 9.92. The van der Waals surface area contributed by atoms with Crippen molar-refractivity contribution in [3.8, 4) is 0 Å². The van der Waals surface area contributed by atoms with Gasteiger partial charge in [0.05, 0.1) is 5.92 Å². The van der Waals surface area contributed by atoms with Crippen LogP contribution in [0.1, 0.15) is 48.4 Å². The number of aliphatic carboxylic acids is 1. The molecule has 0 heterocycles. The number of aryl methyl sites for hydroxylation is 1. The number of carbonyl (C=O) groups is 1. The zero-order valence-electron chi connectivity index (χ0n) is 10.8. The summed E-state index contributed by atoms with van der Waals surface area (Å²) in [5.74, 6) is -0.390. The quantitative estimate of drug-likeness (QED) is 0.868. The van der Waals surface area contributed by atoms with Crippen molar-refractivity contribution in [1.82, 2.24) is 0 Å². The van der Waals surface area contributed by atoms with Crippen LogP contribution in [0, 0.1) is 12.8 Å². The summed E-state index contributed by atoms with van der Waals surface area (Å²) in [6, 6.07) is 4.32. The predicted molar refractivity (Wildman–Crippen MR) is 68.4 cm³/mol. The molecule has 1 aromatic rings. The van der Waals surface area contributed by atoms with Gasteiger partial charge in [-0.25, -0.2) is 0 Å². The number of benzene rings is 1. The first-order valence-electron chi connectivity index (χ1n) is 6.38. The highest BCUT2D eigenvalue weighted by atomic mass is 16.4. The van der Waals surface area contributed by atoms with Crippen LogP contribution in [0.3, 0.4) is 0 Å². The van der Waals surface area contributed by atoms with E-state index in [1.54, 1.807) is 6.92 Å². The Hall–Kier alpha value is -1.31. The predicted octanol–water partition coefficient (Wildman–Crippen LogP) is 3.31. The van der Waals surface area contributed by atoms with E-state index in [-0.39, 0.29) is 0 Å². The Balaban J connectivity index is 2.36. The van der Waals surface area contributed by atoms with Crippen molar-refractivity contribution in [3.05, 3.63) is 34.4 Å². The third kappa shape index (κ3) is 2.21. The fourth-order valence-electron chi connectivity index (χ4n) is 2.79. The van der Waals surface area contributed by atoms with E-state index in [4.69, 9.17) is 5.11 Å². The Morgan fingerprint density at radius 2 is 2.00 bits per heavy atom. The molecular formula is C15H20O2. The van der Waals surface area contributed by atoms with E-state index < -0.39 is 11.9 Å². The van der Waals surface area contributed by atoms with Crippen molar-refractivity contribution in [2.24, 2.45) is 5.92 Å². The van der Waals surface area contributed by atoms with Crippen molar-refractivity contribution in [2.45, 2.75) is 46.0 Å². The molecule has 2 nitrogen and oxygen atoms in total. The maximum absolute atomic E-state index is 11.1. The lowest BCUT2D eigenvalue weighted by Gasteiger charge is -2.12. The normalized spacial score (nSPS) is 20.1. The molecule has 17 heavy (non-hydrogen) atoms. The van der Waals surface area contributed by atoms with Crippen LogP contribution in [-0.4, -0.2) is 11.1 Å². The van der Waals surface area contributed by atoms with E-state index in [0.29, 0.717) is 0 Å². The molecule has 1 aliphatic carbocycles. The van der Waals surface area contributed by atoms with E-state index in [1.807, 2.05) is 6.92 Å². The molecule has 0 spiro atoms. The van der Waals surface area contributed by atoms with Crippen LogP contribution >= 0.6 is 0 Å². The summed E-state index contributed by atoms with van der Waals surface area (Å²) in [7, 11) is 0. The van der Waals surface area contributed by atoms with E-state index in [9.17, 15) is 4.79 Å². The van der Waals surface area contributed by atoms with Crippen LogP contribution in [0.4, 0.5) is 0 Å². The topological polar surface area (TPSA) is 37.3 Å². The number of fused-ring (bicyclic) bond motifs is 1. The summed E-state index contributed by atoms with van der Waals surface area (Å²) in [5.41, 5.74) is 4.89. The molecule has 0 amide bonds. The van der Waals surface area contributed by atoms with Gasteiger partial charge in [-0.1, -0.05) is 25.5 Å². The molecule has 0 saturated heterocycles. The highest BCUT2D eigenvalue weighted by Crippen LogP contribution is 2.33. The van der Waals surface area contributed by atoms with Crippen molar-refractivity contribution in [3.63, 3.8) is 0 Å². The monoisotopic (exact) mass is 232 g/mol. The molecule has 0 aliphatic heterocycles. The van der Waals surface area contributed by atoms with Crippen molar-refractivity contribution >= 4 is 5.97 Å². The van der Waals surface area contributed by atoms with Crippen LogP contribution in [-0.2, 0) is 17.6 Å². The van der Waals surface area contributed by atoms with Gasteiger partial charge in [-0.3, -0.25) is 4.79 Å². The second-order valence-electron chi connectivity index (χ2n) is 5.22. The average Bonchev–Trinajstić information content (AvgIpc) is 2.68. The summed E-state index contributed by atoms with van der Waals surface area (Å²) in [4.78, 5) is 11.1. The molecule has 0 bridgehead atoms. The highest BCUT2D eigenvalue weighted by Gasteiger charge is 2.24. The zero-order valence-corrected chi connectivity index (χ0v) is 10.8. The van der Waals surface area contributed by atoms with Crippen molar-refractivity contribution < 1.29 is 9.90 Å². The molecule has 2 unspecified atom stereocenters. The first-order valence-corrected chi connectivity index (χ1v) is 6.38. The summed E-state index contributed by atoms with van der Waals surface area (Å²) in [6.45, 7) is 6.02. The summed E-state index contributed by atoms with van der Waals surface area (Å²) < 4.78 is 0. The third-order valence-corrected chi connectivity index (χ3v) is 4.02. The minimum absolute atomic E-state index is 0.402. The van der Waals surface area contributed by atoms with E-state index in [0.717, 1.165) is 29.9 Å².